The first-order chi connectivity index (χ1) is 9.65. The average molecular weight is 269 g/mol. The van der Waals surface area contributed by atoms with Crippen molar-refractivity contribution in [3.8, 4) is 5.75 Å². The molecule has 2 rings (SSSR count). The van der Waals surface area contributed by atoms with Crippen LogP contribution in [0.5, 0.6) is 5.75 Å². The van der Waals surface area contributed by atoms with E-state index >= 15 is 0 Å². The third kappa shape index (κ3) is 4.12. The molecule has 2 aromatic carbocycles. The molecule has 1 N–H and O–H groups in total. The third-order valence-corrected chi connectivity index (χ3v) is 3.31. The van der Waals surface area contributed by atoms with Crippen LogP contribution in [0.4, 0.5) is 0 Å². The zero-order chi connectivity index (χ0) is 14.4. The van der Waals surface area contributed by atoms with Gasteiger partial charge in [-0.1, -0.05) is 42.5 Å². The molecule has 20 heavy (non-hydrogen) atoms. The van der Waals surface area contributed by atoms with Crippen LogP contribution in [0.3, 0.4) is 0 Å². The maximum Gasteiger partial charge on any atom is 0.178 e. The van der Waals surface area contributed by atoms with E-state index in [4.69, 9.17) is 0 Å². The zero-order valence-corrected chi connectivity index (χ0v) is 11.6. The molecule has 0 aromatic heterocycles. The Morgan fingerprint density at radius 2 is 1.65 bits per heavy atom. The molecule has 0 fully saturated rings. The van der Waals surface area contributed by atoms with Gasteiger partial charge in [-0.15, -0.1) is 0 Å². The van der Waals surface area contributed by atoms with Gasteiger partial charge in [0.15, 0.2) is 12.3 Å². The summed E-state index contributed by atoms with van der Waals surface area (Å²) in [5, 5.41) is 21.3. The minimum atomic E-state index is 0.268. The van der Waals surface area contributed by atoms with E-state index in [-0.39, 0.29) is 5.75 Å². The standard InChI is InChI=1S/C17H19NO2/c1-14(7-8-15-9-11-17(19)12-10-15)18(20)13-16-5-3-2-4-6-16/h2-6,9-12,19H,7-8,13H2,1H3/b18-14+. The Morgan fingerprint density at radius 3 is 2.30 bits per heavy atom. The average Bonchev–Trinajstić information content (AvgIpc) is 2.47. The molecule has 0 radical (unpaired) electrons. The Bertz CT molecular complexity index is 574. The largest absolute Gasteiger partial charge is 0.624 e. The molecule has 0 unspecified atom stereocenters. The Kier molecular flexibility index (Phi) is 4.77. The molecule has 0 aliphatic rings. The highest BCUT2D eigenvalue weighted by atomic mass is 16.5. The van der Waals surface area contributed by atoms with Crippen molar-refractivity contribution in [2.24, 2.45) is 0 Å². The van der Waals surface area contributed by atoms with Crippen molar-refractivity contribution in [2.45, 2.75) is 26.3 Å². The first-order valence-corrected chi connectivity index (χ1v) is 6.74. The lowest BCUT2D eigenvalue weighted by Crippen LogP contribution is -2.13. The Morgan fingerprint density at radius 1 is 1.00 bits per heavy atom. The Labute approximate surface area is 119 Å². The van der Waals surface area contributed by atoms with Crippen LogP contribution in [0, 0.1) is 5.21 Å². The summed E-state index contributed by atoms with van der Waals surface area (Å²) in [6.45, 7) is 2.26. The molecule has 0 amide bonds. The molecule has 0 heterocycles. The maximum atomic E-state index is 12.0. The van der Waals surface area contributed by atoms with Crippen LogP contribution in [-0.2, 0) is 13.0 Å². The second kappa shape index (κ2) is 6.75. The number of nitrogens with zero attached hydrogens (tertiary/aromatic N) is 1. The molecule has 0 saturated heterocycles. The van der Waals surface area contributed by atoms with E-state index in [2.05, 4.69) is 0 Å². The molecule has 0 aliphatic heterocycles. The lowest BCUT2D eigenvalue weighted by Gasteiger charge is -2.08. The second-order valence-electron chi connectivity index (χ2n) is 4.92. The minimum Gasteiger partial charge on any atom is -0.624 e. The number of hydroxylamine groups is 1. The number of rotatable bonds is 5. The van der Waals surface area contributed by atoms with E-state index in [9.17, 15) is 10.3 Å². The van der Waals surface area contributed by atoms with Crippen LogP contribution >= 0.6 is 0 Å². The fraction of sp³-hybridized carbons (Fsp3) is 0.235. The summed E-state index contributed by atoms with van der Waals surface area (Å²) in [7, 11) is 0. The molecule has 0 atom stereocenters. The Hall–Kier alpha value is -2.29. The maximum absolute atomic E-state index is 12.0. The highest BCUT2D eigenvalue weighted by Crippen LogP contribution is 2.11. The van der Waals surface area contributed by atoms with Crippen LogP contribution in [0.25, 0.3) is 0 Å². The first kappa shape index (κ1) is 14.1. The minimum absolute atomic E-state index is 0.268. The Balaban J connectivity index is 1.94. The van der Waals surface area contributed by atoms with Gasteiger partial charge in [0, 0.05) is 18.9 Å². The molecule has 0 aliphatic carbocycles. The van der Waals surface area contributed by atoms with Crippen molar-refractivity contribution in [1.29, 1.82) is 0 Å². The first-order valence-electron chi connectivity index (χ1n) is 6.74. The number of phenolic OH excluding ortho intramolecular Hbond substituents is 1. The SMILES string of the molecule is C/C(CCc1ccc(O)cc1)=[N+](\[O-])Cc1ccccc1. The predicted octanol–water partition coefficient (Wildman–Crippen LogP) is 3.50. The van der Waals surface area contributed by atoms with Crippen LogP contribution in [0.15, 0.2) is 54.6 Å². The lowest BCUT2D eigenvalue weighted by atomic mass is 10.1. The van der Waals surface area contributed by atoms with Gasteiger partial charge >= 0.3 is 0 Å². The van der Waals surface area contributed by atoms with Gasteiger partial charge in [-0.25, -0.2) is 4.74 Å². The van der Waals surface area contributed by atoms with E-state index in [1.54, 1.807) is 12.1 Å². The number of hydrogen-bond acceptors (Lipinski definition) is 2. The van der Waals surface area contributed by atoms with E-state index in [1.165, 1.54) is 0 Å². The zero-order valence-electron chi connectivity index (χ0n) is 11.6. The number of aromatic hydroxyl groups is 1. The molecule has 2 aromatic rings. The molecular weight excluding hydrogens is 250 g/mol. The monoisotopic (exact) mass is 269 g/mol. The van der Waals surface area contributed by atoms with Gasteiger partial charge in [-0.2, -0.15) is 0 Å². The smallest absolute Gasteiger partial charge is 0.178 e. The topological polar surface area (TPSA) is 46.3 Å². The van der Waals surface area contributed by atoms with Crippen LogP contribution in [0.2, 0.25) is 0 Å². The van der Waals surface area contributed by atoms with E-state index < -0.39 is 0 Å². The fourth-order valence-electron chi connectivity index (χ4n) is 2.00. The van der Waals surface area contributed by atoms with Crippen molar-refractivity contribution in [1.82, 2.24) is 0 Å². The molecule has 104 valence electrons. The number of hydrogen-bond donors (Lipinski definition) is 1. The number of aryl methyl sites for hydroxylation is 1. The molecule has 3 heteroatoms. The fourth-order valence-corrected chi connectivity index (χ4v) is 2.00. The summed E-state index contributed by atoms with van der Waals surface area (Å²) >= 11 is 0. The highest BCUT2D eigenvalue weighted by Gasteiger charge is 2.05. The van der Waals surface area contributed by atoms with Crippen molar-refractivity contribution in [3.63, 3.8) is 0 Å². The van der Waals surface area contributed by atoms with Gasteiger partial charge in [0.1, 0.15) is 5.75 Å². The number of phenols is 1. The van der Waals surface area contributed by atoms with Crippen LogP contribution in [0.1, 0.15) is 24.5 Å². The summed E-state index contributed by atoms with van der Waals surface area (Å²) in [4.78, 5) is 0. The predicted molar refractivity (Wildman–Crippen MR) is 80.9 cm³/mol. The quantitative estimate of drug-likeness (QED) is 0.391. The summed E-state index contributed by atoms with van der Waals surface area (Å²) < 4.78 is 1.05. The second-order valence-corrected chi connectivity index (χ2v) is 4.92. The van der Waals surface area contributed by atoms with Gasteiger partial charge in [-0.3, -0.25) is 0 Å². The summed E-state index contributed by atoms with van der Waals surface area (Å²) in [5.74, 6) is 0.268. The van der Waals surface area contributed by atoms with Gasteiger partial charge in [0.2, 0.25) is 0 Å². The summed E-state index contributed by atoms with van der Waals surface area (Å²) in [6, 6.07) is 16.8. The van der Waals surface area contributed by atoms with Crippen molar-refractivity contribution in [2.75, 3.05) is 0 Å². The normalized spacial score (nSPS) is 12.1. The van der Waals surface area contributed by atoms with Crippen molar-refractivity contribution < 1.29 is 9.85 Å². The summed E-state index contributed by atoms with van der Waals surface area (Å²) in [6.07, 6.45) is 1.53. The van der Waals surface area contributed by atoms with Gasteiger partial charge in [0.25, 0.3) is 0 Å². The molecular formula is C17H19NO2. The van der Waals surface area contributed by atoms with Gasteiger partial charge < -0.3 is 10.3 Å². The molecule has 0 spiro atoms. The van der Waals surface area contributed by atoms with Crippen molar-refractivity contribution >= 4 is 5.71 Å². The molecule has 0 bridgehead atoms. The lowest BCUT2D eigenvalue weighted by molar-refractivity contribution is -0.476. The van der Waals surface area contributed by atoms with Crippen LogP contribution < -0.4 is 0 Å². The van der Waals surface area contributed by atoms with E-state index in [0.717, 1.165) is 34.4 Å². The number of benzene rings is 2. The van der Waals surface area contributed by atoms with Gasteiger partial charge in [0.05, 0.1) is 0 Å². The van der Waals surface area contributed by atoms with E-state index in [0.29, 0.717) is 6.54 Å². The highest BCUT2D eigenvalue weighted by molar-refractivity contribution is 5.77. The summed E-state index contributed by atoms with van der Waals surface area (Å²) in [5.41, 5.74) is 2.96. The molecule has 3 nitrogen and oxygen atoms in total. The third-order valence-electron chi connectivity index (χ3n) is 3.31. The van der Waals surface area contributed by atoms with Crippen molar-refractivity contribution in [3.05, 3.63) is 70.9 Å². The van der Waals surface area contributed by atoms with Crippen LogP contribution in [-0.4, -0.2) is 15.6 Å². The molecule has 0 saturated carbocycles. The van der Waals surface area contributed by atoms with Gasteiger partial charge in [-0.05, 0) is 24.1 Å². The van der Waals surface area contributed by atoms with E-state index in [1.807, 2.05) is 49.4 Å².